The number of hydrogen-bond donors (Lipinski definition) is 1. The molecule has 0 aliphatic rings. The summed E-state index contributed by atoms with van der Waals surface area (Å²) in [5, 5.41) is 18.1. The molecule has 0 aliphatic carbocycles. The lowest BCUT2D eigenvalue weighted by molar-refractivity contribution is 0.206. The summed E-state index contributed by atoms with van der Waals surface area (Å²) in [6.07, 6.45) is -0.160. The lowest BCUT2D eigenvalue weighted by Gasteiger charge is -2.11. The third kappa shape index (κ3) is 2.34. The molecule has 0 aromatic carbocycles. The number of aryl methyl sites for hydroxylation is 1. The standard InChI is InChI=1S/C10H10BrFN4O2/c1-16-14-7(9(11)15-16)8(17)6-3-5(12)4-13-10(6)18-2/h3-4,8,17H,1-2H3. The third-order valence-electron chi connectivity index (χ3n) is 2.29. The van der Waals surface area contributed by atoms with Gasteiger partial charge in [0.15, 0.2) is 4.60 Å². The Balaban J connectivity index is 2.48. The predicted octanol–water partition coefficient (Wildman–Crippen LogP) is 1.20. The Kier molecular flexibility index (Phi) is 3.58. The fourth-order valence-corrected chi connectivity index (χ4v) is 2.05. The van der Waals surface area contributed by atoms with Crippen LogP contribution in [0.2, 0.25) is 0 Å². The zero-order chi connectivity index (χ0) is 13.3. The molecule has 8 heteroatoms. The first-order valence-electron chi connectivity index (χ1n) is 4.97. The van der Waals surface area contributed by atoms with E-state index in [1.165, 1.54) is 11.9 Å². The fourth-order valence-electron chi connectivity index (χ4n) is 1.52. The van der Waals surface area contributed by atoms with E-state index in [0.29, 0.717) is 4.60 Å². The summed E-state index contributed by atoms with van der Waals surface area (Å²) in [6.45, 7) is 0. The van der Waals surface area contributed by atoms with Crippen molar-refractivity contribution in [2.24, 2.45) is 7.05 Å². The second kappa shape index (κ2) is 4.99. The predicted molar refractivity (Wildman–Crippen MR) is 63.5 cm³/mol. The lowest BCUT2D eigenvalue weighted by atomic mass is 10.1. The Morgan fingerprint density at radius 3 is 2.78 bits per heavy atom. The van der Waals surface area contributed by atoms with E-state index in [2.05, 4.69) is 31.1 Å². The van der Waals surface area contributed by atoms with Crippen LogP contribution in [-0.2, 0) is 7.05 Å². The number of methoxy groups -OCH3 is 1. The number of aromatic nitrogens is 4. The van der Waals surface area contributed by atoms with Gasteiger partial charge >= 0.3 is 0 Å². The summed E-state index contributed by atoms with van der Waals surface area (Å²) in [5.74, 6) is -0.425. The molecule has 0 amide bonds. The monoisotopic (exact) mass is 316 g/mol. The maximum atomic E-state index is 13.2. The van der Waals surface area contributed by atoms with Gasteiger partial charge in [-0.15, -0.1) is 5.10 Å². The van der Waals surface area contributed by atoms with Crippen LogP contribution in [0.1, 0.15) is 17.4 Å². The van der Waals surface area contributed by atoms with Gasteiger partial charge in [0.05, 0.1) is 18.9 Å². The van der Waals surface area contributed by atoms with Crippen molar-refractivity contribution in [3.8, 4) is 5.88 Å². The molecular formula is C10H10BrFN4O2. The molecule has 0 radical (unpaired) electrons. The first kappa shape index (κ1) is 12.9. The molecule has 18 heavy (non-hydrogen) atoms. The quantitative estimate of drug-likeness (QED) is 0.921. The topological polar surface area (TPSA) is 73.1 Å². The van der Waals surface area contributed by atoms with Crippen molar-refractivity contribution in [3.05, 3.63) is 33.9 Å². The van der Waals surface area contributed by atoms with Gasteiger partial charge in [-0.3, -0.25) is 0 Å². The summed E-state index contributed by atoms with van der Waals surface area (Å²) in [4.78, 5) is 5.05. The van der Waals surface area contributed by atoms with E-state index in [1.54, 1.807) is 7.05 Å². The Bertz CT molecular complexity index is 575. The molecule has 0 aliphatic heterocycles. The van der Waals surface area contributed by atoms with Crippen LogP contribution in [0.3, 0.4) is 0 Å². The second-order valence-corrected chi connectivity index (χ2v) is 4.27. The highest BCUT2D eigenvalue weighted by atomic mass is 79.9. The maximum absolute atomic E-state index is 13.2. The summed E-state index contributed by atoms with van der Waals surface area (Å²) in [7, 11) is 3.00. The summed E-state index contributed by atoms with van der Waals surface area (Å²) < 4.78 is 18.5. The van der Waals surface area contributed by atoms with E-state index in [0.717, 1.165) is 12.3 Å². The van der Waals surface area contributed by atoms with E-state index in [1.807, 2.05) is 0 Å². The molecule has 2 aromatic heterocycles. The minimum Gasteiger partial charge on any atom is -0.481 e. The van der Waals surface area contributed by atoms with Gasteiger partial charge in [-0.2, -0.15) is 9.90 Å². The van der Waals surface area contributed by atoms with Crippen molar-refractivity contribution < 1.29 is 14.2 Å². The van der Waals surface area contributed by atoms with E-state index in [9.17, 15) is 9.50 Å². The van der Waals surface area contributed by atoms with Crippen molar-refractivity contribution in [3.63, 3.8) is 0 Å². The average molecular weight is 317 g/mol. The molecule has 2 aromatic rings. The van der Waals surface area contributed by atoms with Crippen LogP contribution < -0.4 is 4.74 Å². The highest BCUT2D eigenvalue weighted by Gasteiger charge is 2.23. The number of halogens is 2. The average Bonchev–Trinajstić information content (AvgIpc) is 2.67. The molecule has 0 saturated carbocycles. The molecule has 0 fully saturated rings. The van der Waals surface area contributed by atoms with E-state index in [-0.39, 0.29) is 17.1 Å². The molecule has 2 rings (SSSR count). The number of pyridine rings is 1. The minimum atomic E-state index is -1.17. The zero-order valence-corrected chi connectivity index (χ0v) is 11.2. The Morgan fingerprint density at radius 1 is 1.50 bits per heavy atom. The van der Waals surface area contributed by atoms with Gasteiger partial charge in [-0.1, -0.05) is 0 Å². The largest absolute Gasteiger partial charge is 0.481 e. The van der Waals surface area contributed by atoms with Gasteiger partial charge in [0.25, 0.3) is 0 Å². The van der Waals surface area contributed by atoms with Crippen LogP contribution in [0.5, 0.6) is 5.88 Å². The molecule has 0 spiro atoms. The maximum Gasteiger partial charge on any atom is 0.219 e. The third-order valence-corrected chi connectivity index (χ3v) is 2.85. The highest BCUT2D eigenvalue weighted by molar-refractivity contribution is 9.10. The fraction of sp³-hybridized carbons (Fsp3) is 0.300. The van der Waals surface area contributed by atoms with Crippen molar-refractivity contribution in [2.45, 2.75) is 6.10 Å². The van der Waals surface area contributed by atoms with Crippen LogP contribution >= 0.6 is 15.9 Å². The molecule has 1 unspecified atom stereocenters. The molecule has 1 N–H and O–H groups in total. The number of rotatable bonds is 3. The molecule has 0 bridgehead atoms. The van der Waals surface area contributed by atoms with Gasteiger partial charge < -0.3 is 9.84 Å². The van der Waals surface area contributed by atoms with Crippen molar-refractivity contribution in [2.75, 3.05) is 7.11 Å². The Labute approximate surface area is 111 Å². The molecule has 6 nitrogen and oxygen atoms in total. The van der Waals surface area contributed by atoms with Crippen LogP contribution in [0.15, 0.2) is 16.9 Å². The Hall–Kier alpha value is -1.54. The molecule has 2 heterocycles. The summed E-state index contributed by atoms with van der Waals surface area (Å²) >= 11 is 3.17. The second-order valence-electron chi connectivity index (χ2n) is 3.52. The van der Waals surface area contributed by atoms with E-state index < -0.39 is 11.9 Å². The number of aliphatic hydroxyl groups excluding tert-OH is 1. The number of aliphatic hydroxyl groups is 1. The van der Waals surface area contributed by atoms with Crippen LogP contribution in [0.25, 0.3) is 0 Å². The Morgan fingerprint density at radius 2 is 2.22 bits per heavy atom. The van der Waals surface area contributed by atoms with Crippen molar-refractivity contribution >= 4 is 15.9 Å². The highest BCUT2D eigenvalue weighted by Crippen LogP contribution is 2.30. The lowest BCUT2D eigenvalue weighted by Crippen LogP contribution is -2.06. The van der Waals surface area contributed by atoms with Crippen LogP contribution in [0.4, 0.5) is 4.39 Å². The molecule has 96 valence electrons. The van der Waals surface area contributed by atoms with E-state index in [4.69, 9.17) is 4.74 Å². The zero-order valence-electron chi connectivity index (χ0n) is 9.63. The van der Waals surface area contributed by atoms with Crippen LogP contribution in [-0.4, -0.2) is 32.2 Å². The van der Waals surface area contributed by atoms with Gasteiger partial charge in [-0.25, -0.2) is 9.37 Å². The van der Waals surface area contributed by atoms with Gasteiger partial charge in [0.1, 0.15) is 17.6 Å². The van der Waals surface area contributed by atoms with Gasteiger partial charge in [0, 0.05) is 7.05 Å². The SMILES string of the molecule is COc1ncc(F)cc1C(O)c1nn(C)nc1Br. The first-order chi connectivity index (χ1) is 8.52. The molecule has 0 saturated heterocycles. The summed E-state index contributed by atoms with van der Waals surface area (Å²) in [6, 6.07) is 1.15. The van der Waals surface area contributed by atoms with Crippen molar-refractivity contribution in [1.82, 2.24) is 20.0 Å². The first-order valence-corrected chi connectivity index (χ1v) is 5.76. The number of hydrogen-bond acceptors (Lipinski definition) is 5. The smallest absolute Gasteiger partial charge is 0.219 e. The normalized spacial score (nSPS) is 12.5. The summed E-state index contributed by atoms with van der Waals surface area (Å²) in [5.41, 5.74) is 0.460. The number of ether oxygens (including phenoxy) is 1. The molecule has 1 atom stereocenters. The van der Waals surface area contributed by atoms with Crippen LogP contribution in [0, 0.1) is 5.82 Å². The van der Waals surface area contributed by atoms with E-state index >= 15 is 0 Å². The minimum absolute atomic E-state index is 0.140. The van der Waals surface area contributed by atoms with Gasteiger partial charge in [-0.05, 0) is 22.0 Å². The van der Waals surface area contributed by atoms with Crippen molar-refractivity contribution in [1.29, 1.82) is 0 Å². The molecular weight excluding hydrogens is 307 g/mol. The number of nitrogens with zero attached hydrogens (tertiary/aromatic N) is 4. The van der Waals surface area contributed by atoms with Gasteiger partial charge in [0.2, 0.25) is 5.88 Å².